The summed E-state index contributed by atoms with van der Waals surface area (Å²) >= 11 is 0. The first kappa shape index (κ1) is 14.1. The molecule has 2 aromatic rings. The topological polar surface area (TPSA) is 24.5 Å². The van der Waals surface area contributed by atoms with Crippen LogP contribution in [0.5, 0.6) is 5.75 Å². The number of benzene rings is 2. The lowest BCUT2D eigenvalue weighted by atomic mass is 9.87. The van der Waals surface area contributed by atoms with Crippen molar-refractivity contribution in [2.24, 2.45) is 0 Å². The van der Waals surface area contributed by atoms with Gasteiger partial charge >= 0.3 is 0 Å². The Morgan fingerprint density at radius 2 is 1.67 bits per heavy atom. The summed E-state index contributed by atoms with van der Waals surface area (Å²) in [6.45, 7) is 0. The molecule has 122 valence electrons. The molecule has 0 bridgehead atoms. The third kappa shape index (κ3) is 2.08. The number of nitrogens with one attached hydrogen (secondary N) is 1. The van der Waals surface area contributed by atoms with Crippen LogP contribution in [0, 0.1) is 0 Å². The standard InChI is InChI=1S/C21H22N2O/c1-3-9-16(10-4-1)18-15-19-17-11-5-6-12-20(17)24-21(23(19)22-18)13-7-2-8-14-21/h1,3-6,9-12,15,19,22H,2,7-8,13-14H2/t19-/m1/s1. The minimum atomic E-state index is -0.218. The van der Waals surface area contributed by atoms with Gasteiger partial charge in [-0.1, -0.05) is 55.0 Å². The summed E-state index contributed by atoms with van der Waals surface area (Å²) in [5.41, 5.74) is 7.14. The molecule has 0 amide bonds. The molecule has 2 aromatic carbocycles. The zero-order chi connectivity index (χ0) is 16.0. The van der Waals surface area contributed by atoms with Crippen molar-refractivity contribution in [2.45, 2.75) is 43.9 Å². The SMILES string of the molecule is C1=C(c2ccccc2)NN2[C@H]1c1ccccc1OC21CCCCC1. The number of hydrogen-bond donors (Lipinski definition) is 1. The summed E-state index contributed by atoms with van der Waals surface area (Å²) in [5.74, 6) is 1.05. The molecule has 3 heteroatoms. The maximum atomic E-state index is 6.59. The van der Waals surface area contributed by atoms with Gasteiger partial charge in [-0.25, -0.2) is 0 Å². The second-order valence-corrected chi connectivity index (χ2v) is 7.02. The Hall–Kier alpha value is -2.26. The number of fused-ring (bicyclic) bond motifs is 4. The summed E-state index contributed by atoms with van der Waals surface area (Å²) in [5, 5.41) is 2.37. The molecule has 5 rings (SSSR count). The predicted octanol–water partition coefficient (Wildman–Crippen LogP) is 4.64. The largest absolute Gasteiger partial charge is 0.471 e. The predicted molar refractivity (Wildman–Crippen MR) is 95.0 cm³/mol. The molecule has 1 fully saturated rings. The highest BCUT2D eigenvalue weighted by molar-refractivity contribution is 5.67. The van der Waals surface area contributed by atoms with Crippen LogP contribution in [-0.4, -0.2) is 10.7 Å². The highest BCUT2D eigenvalue weighted by Crippen LogP contribution is 2.49. The summed E-state index contributed by atoms with van der Waals surface area (Å²) < 4.78 is 6.59. The van der Waals surface area contributed by atoms with Crippen LogP contribution in [-0.2, 0) is 0 Å². The molecule has 0 aromatic heterocycles. The monoisotopic (exact) mass is 318 g/mol. The van der Waals surface area contributed by atoms with E-state index in [4.69, 9.17) is 4.74 Å². The van der Waals surface area contributed by atoms with Gasteiger partial charge in [-0.3, -0.25) is 0 Å². The van der Waals surface area contributed by atoms with E-state index < -0.39 is 0 Å². The Morgan fingerprint density at radius 3 is 2.50 bits per heavy atom. The number of hydrazine groups is 1. The first-order valence-corrected chi connectivity index (χ1v) is 8.97. The summed E-state index contributed by atoms with van der Waals surface area (Å²) in [6.07, 6.45) is 8.29. The molecule has 1 atom stereocenters. The molecular weight excluding hydrogens is 296 g/mol. The smallest absolute Gasteiger partial charge is 0.180 e. The number of nitrogens with zero attached hydrogens (tertiary/aromatic N) is 1. The van der Waals surface area contributed by atoms with Gasteiger partial charge in [0.05, 0.1) is 11.7 Å². The first-order valence-electron chi connectivity index (χ1n) is 8.97. The van der Waals surface area contributed by atoms with Gasteiger partial charge in [-0.15, -0.1) is 0 Å². The Bertz CT molecular complexity index is 777. The average Bonchev–Trinajstić information content (AvgIpc) is 3.10. The highest BCUT2D eigenvalue weighted by atomic mass is 16.5. The van der Waals surface area contributed by atoms with E-state index in [2.05, 4.69) is 71.1 Å². The zero-order valence-electron chi connectivity index (χ0n) is 13.7. The van der Waals surface area contributed by atoms with Gasteiger partial charge in [-0.2, -0.15) is 5.01 Å². The molecule has 3 aliphatic rings. The van der Waals surface area contributed by atoms with Crippen LogP contribution in [0.15, 0.2) is 60.7 Å². The fourth-order valence-corrected chi connectivity index (χ4v) is 4.35. The molecule has 1 aliphatic carbocycles. The Balaban J connectivity index is 1.60. The van der Waals surface area contributed by atoms with Crippen LogP contribution in [0.2, 0.25) is 0 Å². The first-order chi connectivity index (χ1) is 11.9. The second kappa shape index (κ2) is 5.38. The highest BCUT2D eigenvalue weighted by Gasteiger charge is 2.50. The summed E-state index contributed by atoms with van der Waals surface area (Å²) in [6, 6.07) is 19.3. The molecule has 2 aliphatic heterocycles. The maximum absolute atomic E-state index is 6.59. The molecule has 0 radical (unpaired) electrons. The van der Waals surface area contributed by atoms with Gasteiger partial charge in [0.1, 0.15) is 5.75 Å². The quantitative estimate of drug-likeness (QED) is 0.829. The summed E-state index contributed by atoms with van der Waals surface area (Å²) in [4.78, 5) is 0. The van der Waals surface area contributed by atoms with Crippen LogP contribution in [0.3, 0.4) is 0 Å². The number of ether oxygens (including phenoxy) is 1. The summed E-state index contributed by atoms with van der Waals surface area (Å²) in [7, 11) is 0. The molecule has 24 heavy (non-hydrogen) atoms. The molecule has 3 nitrogen and oxygen atoms in total. The maximum Gasteiger partial charge on any atom is 0.180 e. The number of rotatable bonds is 1. The van der Waals surface area contributed by atoms with E-state index in [0.29, 0.717) is 0 Å². The second-order valence-electron chi connectivity index (χ2n) is 7.02. The van der Waals surface area contributed by atoms with Gasteiger partial charge in [0.25, 0.3) is 0 Å². The van der Waals surface area contributed by atoms with Crippen molar-refractivity contribution in [2.75, 3.05) is 0 Å². The van der Waals surface area contributed by atoms with E-state index >= 15 is 0 Å². The normalized spacial score (nSPS) is 24.5. The Morgan fingerprint density at radius 1 is 0.917 bits per heavy atom. The Labute approximate surface area is 142 Å². The minimum absolute atomic E-state index is 0.218. The fourth-order valence-electron chi connectivity index (χ4n) is 4.35. The Kier molecular flexibility index (Phi) is 3.17. The number of hydrogen-bond acceptors (Lipinski definition) is 3. The molecule has 2 heterocycles. The molecule has 1 spiro atoms. The van der Waals surface area contributed by atoms with Crippen LogP contribution in [0.1, 0.15) is 49.3 Å². The van der Waals surface area contributed by atoms with Crippen molar-refractivity contribution >= 4 is 5.70 Å². The molecule has 0 unspecified atom stereocenters. The van der Waals surface area contributed by atoms with Crippen LogP contribution in [0.25, 0.3) is 5.70 Å². The van der Waals surface area contributed by atoms with E-state index in [-0.39, 0.29) is 11.8 Å². The minimum Gasteiger partial charge on any atom is -0.471 e. The zero-order valence-corrected chi connectivity index (χ0v) is 13.7. The van der Waals surface area contributed by atoms with Crippen molar-refractivity contribution in [3.05, 3.63) is 71.8 Å². The van der Waals surface area contributed by atoms with E-state index in [1.807, 2.05) is 0 Å². The molecular formula is C21H22N2O. The van der Waals surface area contributed by atoms with Crippen molar-refractivity contribution in [3.63, 3.8) is 0 Å². The molecule has 1 saturated carbocycles. The average molecular weight is 318 g/mol. The van der Waals surface area contributed by atoms with Crippen LogP contribution >= 0.6 is 0 Å². The van der Waals surface area contributed by atoms with Crippen molar-refractivity contribution in [1.82, 2.24) is 10.4 Å². The van der Waals surface area contributed by atoms with Crippen molar-refractivity contribution < 1.29 is 4.74 Å². The van der Waals surface area contributed by atoms with E-state index in [1.165, 1.54) is 36.1 Å². The van der Waals surface area contributed by atoms with Gasteiger partial charge in [0, 0.05) is 18.4 Å². The van der Waals surface area contributed by atoms with E-state index in [9.17, 15) is 0 Å². The third-order valence-corrected chi connectivity index (χ3v) is 5.54. The molecule has 1 N–H and O–H groups in total. The lowest BCUT2D eigenvalue weighted by Gasteiger charge is -2.50. The number of para-hydroxylation sites is 1. The third-order valence-electron chi connectivity index (χ3n) is 5.54. The van der Waals surface area contributed by atoms with Gasteiger partial charge in [0.2, 0.25) is 0 Å². The van der Waals surface area contributed by atoms with E-state index in [0.717, 1.165) is 18.6 Å². The van der Waals surface area contributed by atoms with E-state index in [1.54, 1.807) is 0 Å². The van der Waals surface area contributed by atoms with Gasteiger partial charge < -0.3 is 10.2 Å². The molecule has 0 saturated heterocycles. The van der Waals surface area contributed by atoms with Crippen molar-refractivity contribution in [1.29, 1.82) is 0 Å². The van der Waals surface area contributed by atoms with Crippen LogP contribution < -0.4 is 10.2 Å². The van der Waals surface area contributed by atoms with Gasteiger partial charge in [-0.05, 0) is 30.5 Å². The van der Waals surface area contributed by atoms with Gasteiger partial charge in [0.15, 0.2) is 5.72 Å². The van der Waals surface area contributed by atoms with Crippen LogP contribution in [0.4, 0.5) is 0 Å². The van der Waals surface area contributed by atoms with Crippen molar-refractivity contribution in [3.8, 4) is 5.75 Å². The lowest BCUT2D eigenvalue weighted by Crippen LogP contribution is -2.60. The fraction of sp³-hybridized carbons (Fsp3) is 0.333. The lowest BCUT2D eigenvalue weighted by molar-refractivity contribution is -0.150.